The van der Waals surface area contributed by atoms with Crippen molar-refractivity contribution in [1.82, 2.24) is 19.5 Å². The van der Waals surface area contributed by atoms with Gasteiger partial charge in [0.15, 0.2) is 0 Å². The van der Waals surface area contributed by atoms with Crippen LogP contribution in [0.5, 0.6) is 0 Å². The Morgan fingerprint density at radius 3 is 2.85 bits per heavy atom. The predicted molar refractivity (Wildman–Crippen MR) is 94.8 cm³/mol. The summed E-state index contributed by atoms with van der Waals surface area (Å²) < 4.78 is 33.2. The van der Waals surface area contributed by atoms with E-state index in [2.05, 4.69) is 15.2 Å². The van der Waals surface area contributed by atoms with Gasteiger partial charge in [0.1, 0.15) is 6.04 Å². The number of benzene rings is 1. The molecule has 26 heavy (non-hydrogen) atoms. The fourth-order valence-electron chi connectivity index (χ4n) is 3.01. The topological polar surface area (TPSA) is 89.2 Å². The van der Waals surface area contributed by atoms with Gasteiger partial charge in [0, 0.05) is 24.0 Å². The van der Waals surface area contributed by atoms with Gasteiger partial charge < -0.3 is 4.42 Å². The van der Waals surface area contributed by atoms with Gasteiger partial charge in [-0.25, -0.2) is 8.42 Å². The summed E-state index contributed by atoms with van der Waals surface area (Å²) in [6, 6.07) is 9.32. The second-order valence-corrected chi connectivity index (χ2v) is 8.25. The van der Waals surface area contributed by atoms with Crippen LogP contribution in [-0.4, -0.2) is 34.4 Å². The van der Waals surface area contributed by atoms with Crippen molar-refractivity contribution in [2.24, 2.45) is 0 Å². The molecule has 1 aliphatic heterocycles. The maximum Gasteiger partial charge on any atom is 0.249 e. The molecule has 1 fully saturated rings. The van der Waals surface area contributed by atoms with E-state index in [0.717, 1.165) is 6.42 Å². The average Bonchev–Trinajstić information content (AvgIpc) is 3.32. The van der Waals surface area contributed by atoms with Gasteiger partial charge in [-0.15, -0.1) is 10.2 Å². The predicted octanol–water partition coefficient (Wildman–Crippen LogP) is 3.31. The van der Waals surface area contributed by atoms with Gasteiger partial charge in [0.05, 0.1) is 10.5 Å². The van der Waals surface area contributed by atoms with E-state index in [1.54, 1.807) is 36.7 Å². The van der Waals surface area contributed by atoms with E-state index in [9.17, 15) is 8.42 Å². The summed E-state index contributed by atoms with van der Waals surface area (Å²) in [5.41, 5.74) is 0.688. The summed E-state index contributed by atoms with van der Waals surface area (Å²) in [6.07, 6.45) is 4.60. The lowest BCUT2D eigenvalue weighted by molar-refractivity contribution is 0.332. The molecule has 2 aromatic heterocycles. The Labute approximate surface area is 155 Å². The van der Waals surface area contributed by atoms with E-state index in [4.69, 9.17) is 16.0 Å². The molecule has 3 aromatic rings. The molecule has 3 heterocycles. The Hall–Kier alpha value is -2.29. The number of pyridine rings is 1. The number of sulfonamides is 1. The molecule has 0 spiro atoms. The Morgan fingerprint density at radius 1 is 1.19 bits per heavy atom. The van der Waals surface area contributed by atoms with Gasteiger partial charge >= 0.3 is 0 Å². The van der Waals surface area contributed by atoms with Crippen LogP contribution in [0.25, 0.3) is 11.5 Å². The number of rotatable bonds is 4. The zero-order valence-corrected chi connectivity index (χ0v) is 15.2. The highest BCUT2D eigenvalue weighted by Gasteiger charge is 2.39. The first-order valence-electron chi connectivity index (χ1n) is 8.07. The molecule has 0 saturated carbocycles. The van der Waals surface area contributed by atoms with Crippen LogP contribution in [0.3, 0.4) is 0 Å². The largest absolute Gasteiger partial charge is 0.419 e. The van der Waals surface area contributed by atoms with Gasteiger partial charge in [-0.1, -0.05) is 17.7 Å². The first kappa shape index (κ1) is 17.1. The highest BCUT2D eigenvalue weighted by Crippen LogP contribution is 2.37. The second-order valence-electron chi connectivity index (χ2n) is 5.92. The minimum Gasteiger partial charge on any atom is -0.419 e. The summed E-state index contributed by atoms with van der Waals surface area (Å²) in [7, 11) is -3.71. The van der Waals surface area contributed by atoms with Gasteiger partial charge in [-0.3, -0.25) is 4.98 Å². The first-order valence-corrected chi connectivity index (χ1v) is 9.89. The third kappa shape index (κ3) is 3.11. The molecule has 1 atom stereocenters. The monoisotopic (exact) mass is 390 g/mol. The quantitative estimate of drug-likeness (QED) is 0.678. The number of nitrogens with zero attached hydrogens (tertiary/aromatic N) is 4. The van der Waals surface area contributed by atoms with Crippen LogP contribution in [0.2, 0.25) is 5.02 Å². The molecule has 1 aromatic carbocycles. The summed E-state index contributed by atoms with van der Waals surface area (Å²) in [5, 5.41) is 8.48. The van der Waals surface area contributed by atoms with Crippen molar-refractivity contribution in [3.63, 3.8) is 0 Å². The summed E-state index contributed by atoms with van der Waals surface area (Å²) in [4.78, 5) is 4.18. The Morgan fingerprint density at radius 2 is 2.08 bits per heavy atom. The average molecular weight is 391 g/mol. The van der Waals surface area contributed by atoms with E-state index < -0.39 is 16.1 Å². The molecule has 7 nitrogen and oxygen atoms in total. The molecule has 0 aliphatic carbocycles. The molecule has 134 valence electrons. The minimum atomic E-state index is -3.71. The van der Waals surface area contributed by atoms with Crippen LogP contribution in [0.15, 0.2) is 58.1 Å². The van der Waals surface area contributed by atoms with Crippen LogP contribution >= 0.6 is 11.6 Å². The molecule has 1 aliphatic rings. The van der Waals surface area contributed by atoms with Gasteiger partial charge in [0.2, 0.25) is 21.8 Å². The SMILES string of the molecule is O=S(=O)(c1cccc(Cl)c1)N1CCCC1c1nnc(-c2cccnc2)o1. The Balaban J connectivity index is 1.66. The molecule has 4 rings (SSSR count). The standard InChI is InChI=1S/C17H15ClN4O3S/c18-13-5-1-6-14(10-13)26(23,24)22-9-3-7-15(22)17-21-20-16(25-17)12-4-2-8-19-11-12/h1-2,4-6,8,10-11,15H,3,7,9H2. The zero-order chi connectivity index (χ0) is 18.1. The fourth-order valence-corrected chi connectivity index (χ4v) is 4.96. The molecule has 0 radical (unpaired) electrons. The van der Waals surface area contributed by atoms with E-state index in [0.29, 0.717) is 29.4 Å². The van der Waals surface area contributed by atoms with Crippen LogP contribution in [-0.2, 0) is 10.0 Å². The molecular weight excluding hydrogens is 376 g/mol. The number of hydrogen-bond donors (Lipinski definition) is 0. The van der Waals surface area contributed by atoms with Gasteiger partial charge in [0.25, 0.3) is 0 Å². The fraction of sp³-hybridized carbons (Fsp3) is 0.235. The number of halogens is 1. The molecule has 0 amide bonds. The number of aromatic nitrogens is 3. The molecule has 0 bridgehead atoms. The van der Waals surface area contributed by atoms with E-state index in [1.807, 2.05) is 0 Å². The van der Waals surface area contributed by atoms with Crippen molar-refractivity contribution in [2.75, 3.05) is 6.54 Å². The van der Waals surface area contributed by atoms with Crippen molar-refractivity contribution >= 4 is 21.6 Å². The highest BCUT2D eigenvalue weighted by atomic mass is 35.5. The van der Waals surface area contributed by atoms with Crippen LogP contribution in [0.4, 0.5) is 0 Å². The smallest absolute Gasteiger partial charge is 0.249 e. The van der Waals surface area contributed by atoms with Crippen molar-refractivity contribution in [1.29, 1.82) is 0 Å². The molecule has 1 unspecified atom stereocenters. The summed E-state index contributed by atoms with van der Waals surface area (Å²) >= 11 is 5.95. The lowest BCUT2D eigenvalue weighted by Crippen LogP contribution is -2.30. The van der Waals surface area contributed by atoms with Crippen molar-refractivity contribution < 1.29 is 12.8 Å². The van der Waals surface area contributed by atoms with E-state index in [-0.39, 0.29) is 10.8 Å². The van der Waals surface area contributed by atoms with Crippen LogP contribution in [0, 0.1) is 0 Å². The van der Waals surface area contributed by atoms with Gasteiger partial charge in [-0.05, 0) is 43.2 Å². The third-order valence-electron chi connectivity index (χ3n) is 4.24. The Kier molecular flexibility index (Phi) is 4.47. The van der Waals surface area contributed by atoms with Crippen molar-refractivity contribution in [3.05, 3.63) is 59.7 Å². The zero-order valence-electron chi connectivity index (χ0n) is 13.6. The molecule has 1 saturated heterocycles. The molecule has 0 N–H and O–H groups in total. The minimum absolute atomic E-state index is 0.156. The normalized spacial score (nSPS) is 18.3. The maximum absolute atomic E-state index is 13.0. The summed E-state index contributed by atoms with van der Waals surface area (Å²) in [5.74, 6) is 0.604. The van der Waals surface area contributed by atoms with Crippen LogP contribution in [0.1, 0.15) is 24.8 Å². The Bertz CT molecular complexity index is 1020. The lowest BCUT2D eigenvalue weighted by atomic mass is 10.2. The van der Waals surface area contributed by atoms with Crippen LogP contribution < -0.4 is 0 Å². The third-order valence-corrected chi connectivity index (χ3v) is 6.38. The van der Waals surface area contributed by atoms with E-state index in [1.165, 1.54) is 16.4 Å². The second kappa shape index (κ2) is 6.79. The lowest BCUT2D eigenvalue weighted by Gasteiger charge is -2.21. The molecular formula is C17H15ClN4O3S. The highest BCUT2D eigenvalue weighted by molar-refractivity contribution is 7.89. The van der Waals surface area contributed by atoms with Gasteiger partial charge in [-0.2, -0.15) is 4.31 Å². The molecule has 9 heteroatoms. The van der Waals surface area contributed by atoms with E-state index >= 15 is 0 Å². The first-order chi connectivity index (χ1) is 12.6. The van der Waals surface area contributed by atoms with Crippen molar-refractivity contribution in [3.8, 4) is 11.5 Å². The van der Waals surface area contributed by atoms with Crippen molar-refractivity contribution in [2.45, 2.75) is 23.8 Å². The maximum atomic E-state index is 13.0. The summed E-state index contributed by atoms with van der Waals surface area (Å²) in [6.45, 7) is 0.393. The number of hydrogen-bond acceptors (Lipinski definition) is 6.